The van der Waals surface area contributed by atoms with E-state index < -0.39 is 46.5 Å². The van der Waals surface area contributed by atoms with E-state index in [1.807, 2.05) is 6.07 Å². The Labute approximate surface area is 185 Å². The minimum atomic E-state index is -4.90. The molecular weight excluding hydrogens is 465 g/mol. The van der Waals surface area contributed by atoms with Gasteiger partial charge < -0.3 is 10.3 Å². The van der Waals surface area contributed by atoms with Gasteiger partial charge in [0.25, 0.3) is 5.91 Å². The third-order valence-corrected chi connectivity index (χ3v) is 7.08. The fourth-order valence-electron chi connectivity index (χ4n) is 3.75. The number of amides is 1. The van der Waals surface area contributed by atoms with Crippen LogP contribution in [0.25, 0.3) is 22.3 Å². The number of H-pyrrole nitrogens is 1. The number of carbonyl (C=O) groups is 1. The van der Waals surface area contributed by atoms with Crippen LogP contribution in [-0.4, -0.2) is 75.4 Å². The van der Waals surface area contributed by atoms with Crippen molar-refractivity contribution < 1.29 is 26.4 Å². The van der Waals surface area contributed by atoms with Gasteiger partial charge in [-0.25, -0.2) is 18.4 Å². The maximum Gasteiger partial charge on any atom is 0.404 e. The first-order chi connectivity index (χ1) is 15.5. The molecule has 0 bridgehead atoms. The first-order valence-corrected chi connectivity index (χ1v) is 11.1. The maximum atomic E-state index is 12.7. The average Bonchev–Trinajstić information content (AvgIpc) is 3.34. The Balaban J connectivity index is 1.76. The first-order valence-electron chi connectivity index (χ1n) is 9.52. The van der Waals surface area contributed by atoms with Crippen molar-refractivity contribution in [2.75, 3.05) is 25.9 Å². The highest BCUT2D eigenvalue weighted by Crippen LogP contribution is 2.38. The van der Waals surface area contributed by atoms with Gasteiger partial charge in [0, 0.05) is 37.9 Å². The highest BCUT2D eigenvalue weighted by Gasteiger charge is 2.52. The van der Waals surface area contributed by atoms with Crippen molar-refractivity contribution in [3.05, 3.63) is 30.5 Å². The monoisotopic (exact) mass is 482 g/mol. The quantitative estimate of drug-likeness (QED) is 0.532. The maximum absolute atomic E-state index is 12.7. The van der Waals surface area contributed by atoms with Crippen LogP contribution in [0, 0.1) is 11.3 Å². The smallest absolute Gasteiger partial charge is 0.354 e. The molecule has 1 amide bonds. The highest BCUT2D eigenvalue weighted by molar-refractivity contribution is 7.89. The number of halogens is 3. The molecule has 0 aromatic carbocycles. The molecule has 0 unspecified atom stereocenters. The van der Waals surface area contributed by atoms with Crippen LogP contribution in [-0.2, 0) is 15.6 Å². The van der Waals surface area contributed by atoms with Crippen molar-refractivity contribution >= 4 is 27.0 Å². The zero-order valence-electron chi connectivity index (χ0n) is 17.1. The van der Waals surface area contributed by atoms with Crippen molar-refractivity contribution in [3.8, 4) is 17.3 Å². The van der Waals surface area contributed by atoms with Crippen LogP contribution in [0.1, 0.15) is 16.9 Å². The fraction of sp³-hybridized carbons (Fsp3) is 0.389. The van der Waals surface area contributed by atoms with Gasteiger partial charge in [-0.3, -0.25) is 9.48 Å². The third kappa shape index (κ3) is 4.02. The van der Waals surface area contributed by atoms with Gasteiger partial charge in [-0.2, -0.15) is 27.8 Å². The number of carbonyl (C=O) groups excluding carboxylic acids is 1. The van der Waals surface area contributed by atoms with Gasteiger partial charge in [0.2, 0.25) is 10.0 Å². The van der Waals surface area contributed by atoms with Crippen molar-refractivity contribution in [3.63, 3.8) is 0 Å². The van der Waals surface area contributed by atoms with Gasteiger partial charge in [0.15, 0.2) is 11.4 Å². The fourth-order valence-corrected chi connectivity index (χ4v) is 5.22. The van der Waals surface area contributed by atoms with Crippen LogP contribution in [0.15, 0.2) is 24.8 Å². The second-order valence-corrected chi connectivity index (χ2v) is 9.54. The molecule has 2 N–H and O–H groups in total. The summed E-state index contributed by atoms with van der Waals surface area (Å²) in [6.45, 7) is -0.784. The minimum absolute atomic E-state index is 0.0346. The van der Waals surface area contributed by atoms with E-state index in [1.54, 1.807) is 12.3 Å². The molecule has 0 atom stereocenters. The number of nitriles is 1. The predicted molar refractivity (Wildman–Crippen MR) is 108 cm³/mol. The summed E-state index contributed by atoms with van der Waals surface area (Å²) >= 11 is 0. The molecule has 4 rings (SSSR count). The summed E-state index contributed by atoms with van der Waals surface area (Å²) in [4.78, 5) is 23.8. The molecular formula is C18H17F3N8O3S. The molecule has 1 saturated heterocycles. The summed E-state index contributed by atoms with van der Waals surface area (Å²) in [6, 6.07) is 3.63. The van der Waals surface area contributed by atoms with Gasteiger partial charge in [-0.1, -0.05) is 0 Å². The molecule has 3 aromatic heterocycles. The van der Waals surface area contributed by atoms with E-state index in [1.165, 1.54) is 24.3 Å². The predicted octanol–water partition coefficient (Wildman–Crippen LogP) is 0.998. The number of hydrogen-bond donors (Lipinski definition) is 2. The van der Waals surface area contributed by atoms with E-state index >= 15 is 0 Å². The number of alkyl halides is 3. The zero-order chi connectivity index (χ0) is 24.0. The summed E-state index contributed by atoms with van der Waals surface area (Å²) < 4.78 is 64.2. The standard InChI is InChI=1S/C18H17F3N8O3S/c1-23-16(30)14-12(13-11-2-5-24-15(11)26-10-25-13)6-29(27-14)17(3-4-22)7-28(8-17)33(31,32)9-18(19,20)21/h2,5-6,10H,3,7-9H2,1H3,(H,23,30)(H,24,25,26). The van der Waals surface area contributed by atoms with Gasteiger partial charge in [0.05, 0.1) is 23.7 Å². The van der Waals surface area contributed by atoms with Crippen molar-refractivity contribution in [2.45, 2.75) is 18.1 Å². The van der Waals surface area contributed by atoms with E-state index in [2.05, 4.69) is 25.4 Å². The van der Waals surface area contributed by atoms with E-state index in [9.17, 15) is 31.6 Å². The third-order valence-electron chi connectivity index (χ3n) is 5.34. The number of aromatic amines is 1. The summed E-state index contributed by atoms with van der Waals surface area (Å²) in [5.74, 6) is -2.55. The van der Waals surface area contributed by atoms with Crippen LogP contribution in [0.4, 0.5) is 13.2 Å². The van der Waals surface area contributed by atoms with Crippen LogP contribution in [0.2, 0.25) is 0 Å². The van der Waals surface area contributed by atoms with E-state index in [0.29, 0.717) is 26.6 Å². The number of sulfonamides is 1. The number of rotatable bonds is 6. The molecule has 11 nitrogen and oxygen atoms in total. The van der Waals surface area contributed by atoms with Gasteiger partial charge in [-0.15, -0.1) is 0 Å². The lowest BCUT2D eigenvalue weighted by atomic mass is 9.89. The molecule has 4 heterocycles. The topological polar surface area (TPSA) is 150 Å². The molecule has 3 aromatic rings. The molecule has 1 fully saturated rings. The molecule has 174 valence electrons. The van der Waals surface area contributed by atoms with Gasteiger partial charge >= 0.3 is 6.18 Å². The largest absolute Gasteiger partial charge is 0.404 e. The van der Waals surface area contributed by atoms with Gasteiger partial charge in [-0.05, 0) is 6.07 Å². The van der Waals surface area contributed by atoms with Crippen molar-refractivity contribution in [2.24, 2.45) is 0 Å². The molecule has 1 aliphatic heterocycles. The average molecular weight is 482 g/mol. The van der Waals surface area contributed by atoms with Crippen LogP contribution < -0.4 is 5.32 Å². The summed E-state index contributed by atoms with van der Waals surface area (Å²) in [7, 11) is -3.22. The van der Waals surface area contributed by atoms with E-state index in [-0.39, 0.29) is 12.1 Å². The normalized spacial score (nSPS) is 16.3. The van der Waals surface area contributed by atoms with Crippen LogP contribution >= 0.6 is 0 Å². The van der Waals surface area contributed by atoms with Crippen molar-refractivity contribution in [1.82, 2.24) is 34.4 Å². The molecule has 0 radical (unpaired) electrons. The van der Waals surface area contributed by atoms with Gasteiger partial charge in [0.1, 0.15) is 17.5 Å². The number of fused-ring (bicyclic) bond motifs is 1. The Morgan fingerprint density at radius 3 is 2.73 bits per heavy atom. The Bertz CT molecular complexity index is 1370. The molecule has 1 aliphatic rings. The Hall–Kier alpha value is -3.51. The number of aromatic nitrogens is 5. The Kier molecular flexibility index (Phi) is 5.37. The van der Waals surface area contributed by atoms with E-state index in [0.717, 1.165) is 0 Å². The molecule has 0 spiro atoms. The summed E-state index contributed by atoms with van der Waals surface area (Å²) in [5, 5.41) is 16.7. The second-order valence-electron chi connectivity index (χ2n) is 7.58. The lowest BCUT2D eigenvalue weighted by Gasteiger charge is -2.47. The lowest BCUT2D eigenvalue weighted by Crippen LogP contribution is -2.65. The molecule has 0 aliphatic carbocycles. The first kappa shape index (κ1) is 22.7. The molecule has 15 heteroatoms. The van der Waals surface area contributed by atoms with Crippen LogP contribution in [0.3, 0.4) is 0 Å². The number of nitrogens with zero attached hydrogens (tertiary/aromatic N) is 6. The molecule has 0 saturated carbocycles. The Morgan fingerprint density at radius 1 is 1.36 bits per heavy atom. The number of hydrogen-bond acceptors (Lipinski definition) is 7. The second kappa shape index (κ2) is 7.81. The zero-order valence-corrected chi connectivity index (χ0v) is 17.9. The Morgan fingerprint density at radius 2 is 2.09 bits per heavy atom. The summed E-state index contributed by atoms with van der Waals surface area (Å²) in [5.41, 5.74) is -0.0870. The SMILES string of the molecule is CNC(=O)c1nn(C2(CC#N)CN(S(=O)(=O)CC(F)(F)F)C2)cc1-c1ncnc2[nH]ccc12. The number of nitrogens with one attached hydrogen (secondary N) is 2. The summed E-state index contributed by atoms with van der Waals surface area (Å²) in [6.07, 6.45) is -0.752. The van der Waals surface area contributed by atoms with E-state index in [4.69, 9.17) is 0 Å². The molecule has 33 heavy (non-hydrogen) atoms. The lowest BCUT2D eigenvalue weighted by molar-refractivity contribution is -0.107. The highest BCUT2D eigenvalue weighted by atomic mass is 32.2. The van der Waals surface area contributed by atoms with Crippen molar-refractivity contribution in [1.29, 1.82) is 5.26 Å². The minimum Gasteiger partial charge on any atom is -0.354 e. The van der Waals surface area contributed by atoms with Crippen LogP contribution in [0.5, 0.6) is 0 Å².